The van der Waals surface area contributed by atoms with Crippen LogP contribution in [0.1, 0.15) is 6.42 Å². The maximum absolute atomic E-state index is 10.1. The Kier molecular flexibility index (Phi) is 6.76. The van der Waals surface area contributed by atoms with Gasteiger partial charge in [0, 0.05) is 13.2 Å². The van der Waals surface area contributed by atoms with Crippen LogP contribution in [0.3, 0.4) is 0 Å². The highest BCUT2D eigenvalue weighted by Crippen LogP contribution is 1.79. The lowest BCUT2D eigenvalue weighted by Gasteiger charge is -2.01. The molecule has 66 valence electrons. The molecule has 0 aliphatic carbocycles. The lowest BCUT2D eigenvalue weighted by molar-refractivity contribution is 0.0910. The van der Waals surface area contributed by atoms with E-state index in [2.05, 4.69) is 5.32 Å². The van der Waals surface area contributed by atoms with Crippen LogP contribution in [0.5, 0.6) is 0 Å². The molecule has 0 bridgehead atoms. The van der Waals surface area contributed by atoms with E-state index < -0.39 is 6.03 Å². The molecule has 0 saturated carbocycles. The predicted octanol–water partition coefficient (Wildman–Crippen LogP) is -0.946. The molecule has 0 atom stereocenters. The van der Waals surface area contributed by atoms with E-state index in [1.165, 1.54) is 0 Å². The first-order valence-corrected chi connectivity index (χ1v) is 3.49. The molecule has 0 fully saturated rings. The van der Waals surface area contributed by atoms with E-state index in [1.807, 2.05) is 0 Å². The molecule has 11 heavy (non-hydrogen) atoms. The Morgan fingerprint density at radius 3 is 2.82 bits per heavy atom. The van der Waals surface area contributed by atoms with Gasteiger partial charge < -0.3 is 20.9 Å². The summed E-state index contributed by atoms with van der Waals surface area (Å²) in [6.45, 7) is 1.42. The molecule has 2 amide bonds. The van der Waals surface area contributed by atoms with Gasteiger partial charge >= 0.3 is 6.03 Å². The molecule has 0 radical (unpaired) electrons. The SMILES string of the molecule is NC(=O)NCCCOCCO. The number of carbonyl (C=O) groups excluding carboxylic acids is 1. The molecule has 0 aromatic heterocycles. The van der Waals surface area contributed by atoms with Crippen molar-refractivity contribution >= 4 is 6.03 Å². The number of rotatable bonds is 6. The Labute approximate surface area is 65.5 Å². The van der Waals surface area contributed by atoms with Crippen molar-refractivity contribution < 1.29 is 14.6 Å². The number of hydrogen-bond donors (Lipinski definition) is 3. The molecule has 0 aromatic rings. The first kappa shape index (κ1) is 10.2. The highest BCUT2D eigenvalue weighted by Gasteiger charge is 1.90. The topological polar surface area (TPSA) is 84.6 Å². The summed E-state index contributed by atoms with van der Waals surface area (Å²) >= 11 is 0. The molecular formula is C6H14N2O3. The Hall–Kier alpha value is -0.810. The quantitative estimate of drug-likeness (QED) is 0.440. The van der Waals surface area contributed by atoms with Gasteiger partial charge in [-0.3, -0.25) is 0 Å². The number of ether oxygens (including phenoxy) is 1. The Morgan fingerprint density at radius 1 is 1.55 bits per heavy atom. The van der Waals surface area contributed by atoms with Gasteiger partial charge in [-0.15, -0.1) is 0 Å². The van der Waals surface area contributed by atoms with Gasteiger partial charge in [-0.05, 0) is 6.42 Å². The van der Waals surface area contributed by atoms with Gasteiger partial charge in [0.05, 0.1) is 13.2 Å². The number of nitrogens with one attached hydrogen (secondary N) is 1. The second-order valence-corrected chi connectivity index (χ2v) is 1.98. The minimum Gasteiger partial charge on any atom is -0.394 e. The fourth-order valence-corrected chi connectivity index (χ4v) is 0.552. The second-order valence-electron chi connectivity index (χ2n) is 1.98. The summed E-state index contributed by atoms with van der Waals surface area (Å²) in [7, 11) is 0. The molecule has 0 aromatic carbocycles. The smallest absolute Gasteiger partial charge is 0.312 e. The molecule has 0 aliphatic rings. The highest BCUT2D eigenvalue weighted by molar-refractivity contribution is 5.71. The van der Waals surface area contributed by atoms with Gasteiger partial charge in [0.25, 0.3) is 0 Å². The average molecular weight is 162 g/mol. The van der Waals surface area contributed by atoms with Gasteiger partial charge in [-0.1, -0.05) is 0 Å². The molecule has 5 heteroatoms. The minimum atomic E-state index is -0.521. The highest BCUT2D eigenvalue weighted by atomic mass is 16.5. The first-order chi connectivity index (χ1) is 5.27. The zero-order valence-electron chi connectivity index (χ0n) is 6.38. The molecule has 0 aliphatic heterocycles. The second kappa shape index (κ2) is 7.30. The van der Waals surface area contributed by atoms with Gasteiger partial charge in [0.1, 0.15) is 0 Å². The van der Waals surface area contributed by atoms with Crippen LogP contribution in [0.15, 0.2) is 0 Å². The fraction of sp³-hybridized carbons (Fsp3) is 0.833. The Bertz CT molecular complexity index is 108. The summed E-state index contributed by atoms with van der Waals surface area (Å²) in [6, 6.07) is -0.521. The van der Waals surface area contributed by atoms with E-state index in [0.29, 0.717) is 26.2 Å². The summed E-state index contributed by atoms with van der Waals surface area (Å²) in [6.07, 6.45) is 0.711. The largest absolute Gasteiger partial charge is 0.394 e. The number of carbonyl (C=O) groups is 1. The third-order valence-electron chi connectivity index (χ3n) is 1.00. The van der Waals surface area contributed by atoms with Gasteiger partial charge in [0.2, 0.25) is 0 Å². The molecule has 5 nitrogen and oxygen atoms in total. The number of aliphatic hydroxyl groups excluding tert-OH is 1. The standard InChI is InChI=1S/C6H14N2O3/c7-6(10)8-2-1-4-11-5-3-9/h9H,1-5H2,(H3,7,8,10). The Morgan fingerprint density at radius 2 is 2.27 bits per heavy atom. The van der Waals surface area contributed by atoms with Crippen molar-refractivity contribution in [3.63, 3.8) is 0 Å². The fourth-order valence-electron chi connectivity index (χ4n) is 0.552. The maximum atomic E-state index is 10.1. The average Bonchev–Trinajstić information content (AvgIpc) is 1.96. The van der Waals surface area contributed by atoms with Crippen LogP contribution in [0.2, 0.25) is 0 Å². The third kappa shape index (κ3) is 9.19. The number of nitrogens with two attached hydrogens (primary N) is 1. The van der Waals surface area contributed by atoms with Crippen LogP contribution in [-0.2, 0) is 4.74 Å². The zero-order chi connectivity index (χ0) is 8.53. The van der Waals surface area contributed by atoms with Gasteiger partial charge in [0.15, 0.2) is 0 Å². The summed E-state index contributed by atoms with van der Waals surface area (Å²) in [5.41, 5.74) is 4.80. The van der Waals surface area contributed by atoms with E-state index in [9.17, 15) is 4.79 Å². The monoisotopic (exact) mass is 162 g/mol. The van der Waals surface area contributed by atoms with Crippen molar-refractivity contribution in [3.8, 4) is 0 Å². The van der Waals surface area contributed by atoms with E-state index >= 15 is 0 Å². The van der Waals surface area contributed by atoms with E-state index in [0.717, 1.165) is 0 Å². The summed E-state index contributed by atoms with van der Waals surface area (Å²) in [4.78, 5) is 10.1. The van der Waals surface area contributed by atoms with Crippen LogP contribution in [0, 0.1) is 0 Å². The molecule has 0 heterocycles. The van der Waals surface area contributed by atoms with Crippen molar-refractivity contribution in [2.45, 2.75) is 6.42 Å². The number of primary amides is 1. The molecule has 0 rings (SSSR count). The number of aliphatic hydroxyl groups is 1. The third-order valence-corrected chi connectivity index (χ3v) is 1.00. The van der Waals surface area contributed by atoms with E-state index in [1.54, 1.807) is 0 Å². The van der Waals surface area contributed by atoms with Crippen LogP contribution >= 0.6 is 0 Å². The lowest BCUT2D eigenvalue weighted by Crippen LogP contribution is -2.30. The predicted molar refractivity (Wildman–Crippen MR) is 40.1 cm³/mol. The number of amides is 2. The van der Waals surface area contributed by atoms with Gasteiger partial charge in [-0.25, -0.2) is 4.79 Å². The number of urea groups is 1. The maximum Gasteiger partial charge on any atom is 0.312 e. The minimum absolute atomic E-state index is 0.0310. The van der Waals surface area contributed by atoms with Crippen molar-refractivity contribution in [1.29, 1.82) is 0 Å². The van der Waals surface area contributed by atoms with Crippen molar-refractivity contribution in [1.82, 2.24) is 5.32 Å². The zero-order valence-corrected chi connectivity index (χ0v) is 6.38. The Balaban J connectivity index is 2.85. The van der Waals surface area contributed by atoms with Crippen LogP contribution in [0.4, 0.5) is 4.79 Å². The summed E-state index contributed by atoms with van der Waals surface area (Å²) < 4.78 is 4.92. The van der Waals surface area contributed by atoms with Crippen molar-refractivity contribution in [3.05, 3.63) is 0 Å². The summed E-state index contributed by atoms with van der Waals surface area (Å²) in [5, 5.41) is 10.7. The van der Waals surface area contributed by atoms with Gasteiger partial charge in [-0.2, -0.15) is 0 Å². The van der Waals surface area contributed by atoms with Crippen LogP contribution < -0.4 is 11.1 Å². The summed E-state index contributed by atoms with van der Waals surface area (Å²) in [5.74, 6) is 0. The lowest BCUT2D eigenvalue weighted by atomic mass is 10.4. The van der Waals surface area contributed by atoms with Crippen LogP contribution in [0.25, 0.3) is 0 Å². The van der Waals surface area contributed by atoms with Crippen molar-refractivity contribution in [2.75, 3.05) is 26.4 Å². The van der Waals surface area contributed by atoms with E-state index in [-0.39, 0.29) is 6.61 Å². The van der Waals surface area contributed by atoms with Crippen molar-refractivity contribution in [2.24, 2.45) is 5.73 Å². The molecule has 4 N–H and O–H groups in total. The van der Waals surface area contributed by atoms with Crippen LogP contribution in [-0.4, -0.2) is 37.5 Å². The number of hydrogen-bond acceptors (Lipinski definition) is 3. The normalized spacial score (nSPS) is 9.55. The molecule has 0 spiro atoms. The molecule has 0 saturated heterocycles. The van der Waals surface area contributed by atoms with E-state index in [4.69, 9.17) is 15.6 Å². The first-order valence-electron chi connectivity index (χ1n) is 3.49. The molecular weight excluding hydrogens is 148 g/mol. The molecule has 0 unspecified atom stereocenters.